The minimum absolute atomic E-state index is 1.10. The Kier molecular flexibility index (Phi) is 11.2. The van der Waals surface area contributed by atoms with E-state index in [1.165, 1.54) is 0 Å². The van der Waals surface area contributed by atoms with E-state index < -0.39 is 0 Å². The van der Waals surface area contributed by atoms with Crippen LogP contribution >= 0.6 is 0 Å². The molecule has 278 valence electrons. The number of nitrogens with zero attached hydrogens (tertiary/aromatic N) is 3. The van der Waals surface area contributed by atoms with Crippen LogP contribution in [0.4, 0.5) is 51.2 Å². The molecule has 0 N–H and O–H groups in total. The fourth-order valence-electron chi connectivity index (χ4n) is 7.49. The van der Waals surface area contributed by atoms with E-state index in [9.17, 15) is 0 Å². The first-order chi connectivity index (χ1) is 29.2. The Balaban J connectivity index is 0.906. The van der Waals surface area contributed by atoms with Crippen LogP contribution in [0.1, 0.15) is 0 Å². The lowest BCUT2D eigenvalue weighted by molar-refractivity contribution is 1.28. The topological polar surface area (TPSA) is 9.72 Å². The molecule has 5 heteroatoms. The van der Waals surface area contributed by atoms with Gasteiger partial charge in [-0.05, 0) is 109 Å². The van der Waals surface area contributed by atoms with E-state index in [-0.39, 0.29) is 0 Å². The Bertz CT molecular complexity index is 2410. The van der Waals surface area contributed by atoms with Crippen LogP contribution in [0.3, 0.4) is 0 Å². The molecule has 59 heavy (non-hydrogen) atoms. The number of hydrogen-bond acceptors (Lipinski definition) is 3. The Morgan fingerprint density at radius 2 is 0.322 bits per heavy atom. The zero-order valence-electron chi connectivity index (χ0n) is 32.7. The highest BCUT2D eigenvalue weighted by Crippen LogP contribution is 2.36. The summed E-state index contributed by atoms with van der Waals surface area (Å²) in [7, 11) is 4.46. The van der Waals surface area contributed by atoms with Gasteiger partial charge in [-0.25, -0.2) is 0 Å². The molecule has 0 aromatic heterocycles. The standard InChI is InChI=1S/C54H41B2N3/c1-6-16-46(17-7-1)57(47-18-8-2-9-19-47)51-34-26-42(27-35-51)55-44-30-38-53(39-31-44)59(50-24-14-5-15-25-50)54-40-32-45(33-41-54)56-43-28-36-52(37-29-43)58(48-20-10-3-11-21-48)49-22-12-4-13-23-49/h1-41H. The molecular formula is C54H41B2N3. The maximum absolute atomic E-state index is 2.31. The van der Waals surface area contributed by atoms with Crippen LogP contribution in [-0.2, 0) is 0 Å². The third kappa shape index (κ3) is 8.76. The van der Waals surface area contributed by atoms with Crippen molar-refractivity contribution in [1.82, 2.24) is 0 Å². The van der Waals surface area contributed by atoms with Crippen molar-refractivity contribution in [3.8, 4) is 0 Å². The van der Waals surface area contributed by atoms with Gasteiger partial charge in [-0.3, -0.25) is 0 Å². The second-order valence-electron chi connectivity index (χ2n) is 14.3. The second-order valence-corrected chi connectivity index (χ2v) is 14.3. The van der Waals surface area contributed by atoms with E-state index in [1.54, 1.807) is 0 Å². The van der Waals surface area contributed by atoms with Gasteiger partial charge in [0.25, 0.3) is 0 Å². The average Bonchev–Trinajstić information content (AvgIpc) is 3.31. The zero-order chi connectivity index (χ0) is 39.6. The van der Waals surface area contributed by atoms with Gasteiger partial charge in [-0.1, -0.05) is 161 Å². The lowest BCUT2D eigenvalue weighted by Crippen LogP contribution is -2.27. The van der Waals surface area contributed by atoms with E-state index in [1.807, 2.05) is 0 Å². The van der Waals surface area contributed by atoms with Crippen molar-refractivity contribution in [3.05, 3.63) is 249 Å². The molecule has 0 spiro atoms. The lowest BCUT2D eigenvalue weighted by Gasteiger charge is -2.26. The van der Waals surface area contributed by atoms with E-state index in [0.29, 0.717) is 0 Å². The number of rotatable bonds is 13. The monoisotopic (exact) mass is 753 g/mol. The van der Waals surface area contributed by atoms with Crippen molar-refractivity contribution in [2.75, 3.05) is 14.7 Å². The Hall–Kier alpha value is -7.49. The molecule has 9 rings (SSSR count). The van der Waals surface area contributed by atoms with Crippen molar-refractivity contribution in [1.29, 1.82) is 0 Å². The van der Waals surface area contributed by atoms with Gasteiger partial charge in [0, 0.05) is 51.2 Å². The summed E-state index contributed by atoms with van der Waals surface area (Å²) in [5, 5.41) is 0. The molecule has 0 aliphatic carbocycles. The van der Waals surface area contributed by atoms with Crippen molar-refractivity contribution in [3.63, 3.8) is 0 Å². The Morgan fingerprint density at radius 3 is 0.492 bits per heavy atom. The van der Waals surface area contributed by atoms with Crippen LogP contribution in [0, 0.1) is 0 Å². The molecule has 0 saturated heterocycles. The molecule has 2 radical (unpaired) electrons. The quantitative estimate of drug-likeness (QED) is 0.109. The fourth-order valence-corrected chi connectivity index (χ4v) is 7.49. The van der Waals surface area contributed by atoms with Crippen LogP contribution in [0.2, 0.25) is 0 Å². The van der Waals surface area contributed by atoms with Crippen LogP contribution in [0.25, 0.3) is 0 Å². The van der Waals surface area contributed by atoms with E-state index in [4.69, 9.17) is 0 Å². The van der Waals surface area contributed by atoms with Gasteiger partial charge in [0.1, 0.15) is 0 Å². The number of anilines is 9. The SMILES string of the molecule is [B](c1ccc(N(c2ccccc2)c2ccccc2)cc1)c1ccc(N(c2ccccc2)c2ccc([B]c3ccc(N(c4ccccc4)c4ccccc4)cc3)cc2)cc1. The first-order valence-electron chi connectivity index (χ1n) is 20.0. The summed E-state index contributed by atoms with van der Waals surface area (Å²) in [6.07, 6.45) is 0. The first-order valence-corrected chi connectivity index (χ1v) is 20.0. The van der Waals surface area contributed by atoms with Gasteiger partial charge in [0.2, 0.25) is 0 Å². The molecule has 3 nitrogen and oxygen atoms in total. The number of benzene rings is 9. The Labute approximate surface area is 349 Å². The third-order valence-electron chi connectivity index (χ3n) is 10.3. The van der Waals surface area contributed by atoms with Gasteiger partial charge < -0.3 is 14.7 Å². The van der Waals surface area contributed by atoms with Crippen LogP contribution < -0.4 is 36.6 Å². The summed E-state index contributed by atoms with van der Waals surface area (Å²) in [5.41, 5.74) is 14.6. The maximum Gasteiger partial charge on any atom is 0.191 e. The lowest BCUT2D eigenvalue weighted by atomic mass is 9.64. The van der Waals surface area contributed by atoms with Gasteiger partial charge in [0.15, 0.2) is 14.6 Å². The van der Waals surface area contributed by atoms with Gasteiger partial charge >= 0.3 is 0 Å². The smallest absolute Gasteiger partial charge is 0.191 e. The normalized spacial score (nSPS) is 10.7. The number of para-hydroxylation sites is 5. The van der Waals surface area contributed by atoms with E-state index >= 15 is 0 Å². The molecule has 0 aliphatic rings. The van der Waals surface area contributed by atoms with Gasteiger partial charge in [0.05, 0.1) is 0 Å². The molecule has 0 aliphatic heterocycles. The summed E-state index contributed by atoms with van der Waals surface area (Å²) in [6.45, 7) is 0. The molecule has 0 fully saturated rings. The molecule has 9 aromatic rings. The zero-order valence-corrected chi connectivity index (χ0v) is 32.7. The van der Waals surface area contributed by atoms with E-state index in [0.717, 1.165) is 73.0 Å². The van der Waals surface area contributed by atoms with Crippen molar-refractivity contribution >= 4 is 87.6 Å². The summed E-state index contributed by atoms with van der Waals surface area (Å²) < 4.78 is 0. The highest BCUT2D eigenvalue weighted by atomic mass is 15.2. The van der Waals surface area contributed by atoms with E-state index in [2.05, 4.69) is 278 Å². The van der Waals surface area contributed by atoms with Gasteiger partial charge in [-0.2, -0.15) is 0 Å². The largest absolute Gasteiger partial charge is 0.311 e. The molecule has 0 atom stereocenters. The summed E-state index contributed by atoms with van der Waals surface area (Å²) in [5.74, 6) is 0. The number of hydrogen-bond donors (Lipinski definition) is 0. The van der Waals surface area contributed by atoms with Crippen molar-refractivity contribution in [2.24, 2.45) is 0 Å². The minimum Gasteiger partial charge on any atom is -0.311 e. The molecule has 0 heterocycles. The summed E-state index contributed by atoms with van der Waals surface area (Å²) >= 11 is 0. The summed E-state index contributed by atoms with van der Waals surface area (Å²) in [6, 6.07) is 87.7. The predicted octanol–water partition coefficient (Wildman–Crippen LogP) is 11.4. The third-order valence-corrected chi connectivity index (χ3v) is 10.3. The van der Waals surface area contributed by atoms with Crippen molar-refractivity contribution < 1.29 is 0 Å². The summed E-state index contributed by atoms with van der Waals surface area (Å²) in [4.78, 5) is 6.87. The molecule has 0 bridgehead atoms. The first kappa shape index (κ1) is 37.1. The Morgan fingerprint density at radius 1 is 0.169 bits per heavy atom. The van der Waals surface area contributed by atoms with Crippen LogP contribution in [0.5, 0.6) is 0 Å². The second kappa shape index (κ2) is 17.8. The molecular weight excluding hydrogens is 712 g/mol. The van der Waals surface area contributed by atoms with Crippen molar-refractivity contribution in [2.45, 2.75) is 0 Å². The molecule has 0 saturated carbocycles. The van der Waals surface area contributed by atoms with Crippen LogP contribution in [0.15, 0.2) is 249 Å². The predicted molar refractivity (Wildman–Crippen MR) is 253 cm³/mol. The highest BCUT2D eigenvalue weighted by molar-refractivity contribution is 6.67. The molecule has 9 aromatic carbocycles. The van der Waals surface area contributed by atoms with Crippen LogP contribution in [-0.4, -0.2) is 14.6 Å². The molecule has 0 unspecified atom stereocenters. The molecule has 0 amide bonds. The highest BCUT2D eigenvalue weighted by Gasteiger charge is 2.16. The maximum atomic E-state index is 2.31. The minimum atomic E-state index is 1.10. The van der Waals surface area contributed by atoms with Gasteiger partial charge in [-0.15, -0.1) is 0 Å². The fraction of sp³-hybridized carbons (Fsp3) is 0. The average molecular weight is 754 g/mol.